The SMILES string of the molecule is O=C(O)CCOC1CCN(Cc2ncc(Cl)s2)CC1. The van der Waals surface area contributed by atoms with Crippen LogP contribution in [0.1, 0.15) is 24.3 Å². The number of hydrogen-bond acceptors (Lipinski definition) is 5. The van der Waals surface area contributed by atoms with Gasteiger partial charge in [-0.2, -0.15) is 0 Å². The molecule has 1 saturated heterocycles. The normalized spacial score (nSPS) is 17.7. The molecule has 5 nitrogen and oxygen atoms in total. The second-order valence-corrected chi connectivity index (χ2v) is 6.29. The Labute approximate surface area is 121 Å². The van der Waals surface area contributed by atoms with Gasteiger partial charge in [0.05, 0.1) is 31.9 Å². The van der Waals surface area contributed by atoms with Crippen LogP contribution >= 0.6 is 22.9 Å². The number of halogens is 1. The molecule has 1 aliphatic rings. The lowest BCUT2D eigenvalue weighted by atomic mass is 10.1. The smallest absolute Gasteiger partial charge is 0.305 e. The average molecular weight is 305 g/mol. The molecule has 1 N–H and O–H groups in total. The minimum absolute atomic E-state index is 0.0812. The van der Waals surface area contributed by atoms with Crippen molar-refractivity contribution in [3.05, 3.63) is 15.5 Å². The van der Waals surface area contributed by atoms with E-state index in [9.17, 15) is 4.79 Å². The van der Waals surface area contributed by atoms with E-state index in [1.807, 2.05) is 0 Å². The van der Waals surface area contributed by atoms with E-state index in [4.69, 9.17) is 21.4 Å². The van der Waals surface area contributed by atoms with Crippen LogP contribution in [0.4, 0.5) is 0 Å². The quantitative estimate of drug-likeness (QED) is 0.873. The highest BCUT2D eigenvalue weighted by Gasteiger charge is 2.20. The van der Waals surface area contributed by atoms with Gasteiger partial charge in [-0.1, -0.05) is 11.6 Å². The number of aromatic nitrogens is 1. The van der Waals surface area contributed by atoms with Crippen molar-refractivity contribution in [1.29, 1.82) is 0 Å². The number of carboxylic acids is 1. The minimum atomic E-state index is -0.807. The molecule has 0 spiro atoms. The second kappa shape index (κ2) is 7.19. The van der Waals surface area contributed by atoms with Gasteiger partial charge >= 0.3 is 5.97 Å². The molecule has 7 heteroatoms. The highest BCUT2D eigenvalue weighted by atomic mass is 35.5. The number of ether oxygens (including phenoxy) is 1. The van der Waals surface area contributed by atoms with E-state index in [1.54, 1.807) is 6.20 Å². The zero-order valence-electron chi connectivity index (χ0n) is 10.5. The van der Waals surface area contributed by atoms with Gasteiger partial charge in [0.15, 0.2) is 0 Å². The Morgan fingerprint density at radius 2 is 2.32 bits per heavy atom. The minimum Gasteiger partial charge on any atom is -0.481 e. The first-order valence-corrected chi connectivity index (χ1v) is 7.49. The number of carboxylic acid groups (broad SMARTS) is 1. The van der Waals surface area contributed by atoms with Crippen LogP contribution in [0.15, 0.2) is 6.20 Å². The third kappa shape index (κ3) is 5.06. The summed E-state index contributed by atoms with van der Waals surface area (Å²) in [7, 11) is 0. The molecule has 0 atom stereocenters. The molecule has 0 aliphatic carbocycles. The largest absolute Gasteiger partial charge is 0.481 e. The maximum Gasteiger partial charge on any atom is 0.305 e. The van der Waals surface area contributed by atoms with E-state index >= 15 is 0 Å². The Kier molecular flexibility index (Phi) is 5.57. The van der Waals surface area contributed by atoms with E-state index in [0.717, 1.165) is 41.8 Å². The van der Waals surface area contributed by atoms with Crippen molar-refractivity contribution in [2.75, 3.05) is 19.7 Å². The highest BCUT2D eigenvalue weighted by molar-refractivity contribution is 7.15. The first-order valence-electron chi connectivity index (χ1n) is 6.29. The number of aliphatic carboxylic acids is 1. The molecular formula is C12H17ClN2O3S. The topological polar surface area (TPSA) is 62.7 Å². The Hall–Kier alpha value is -0.690. The molecular weight excluding hydrogens is 288 g/mol. The number of likely N-dealkylation sites (tertiary alicyclic amines) is 1. The highest BCUT2D eigenvalue weighted by Crippen LogP contribution is 2.22. The van der Waals surface area contributed by atoms with Crippen molar-refractivity contribution in [3.63, 3.8) is 0 Å². The van der Waals surface area contributed by atoms with Crippen molar-refractivity contribution in [2.45, 2.75) is 31.9 Å². The van der Waals surface area contributed by atoms with Crippen LogP contribution in [-0.2, 0) is 16.1 Å². The third-order valence-corrected chi connectivity index (χ3v) is 4.19. The summed E-state index contributed by atoms with van der Waals surface area (Å²) in [5.41, 5.74) is 0. The summed E-state index contributed by atoms with van der Waals surface area (Å²) in [6.45, 7) is 3.05. The monoisotopic (exact) mass is 304 g/mol. The lowest BCUT2D eigenvalue weighted by Gasteiger charge is -2.31. The molecule has 106 valence electrons. The maximum absolute atomic E-state index is 10.4. The van der Waals surface area contributed by atoms with Gasteiger partial charge in [0.1, 0.15) is 9.34 Å². The van der Waals surface area contributed by atoms with Gasteiger partial charge < -0.3 is 9.84 Å². The molecule has 2 heterocycles. The van der Waals surface area contributed by atoms with Crippen molar-refractivity contribution in [3.8, 4) is 0 Å². The number of piperidine rings is 1. The molecule has 1 aliphatic heterocycles. The van der Waals surface area contributed by atoms with Gasteiger partial charge in [0.25, 0.3) is 0 Å². The number of rotatable bonds is 6. The van der Waals surface area contributed by atoms with E-state index in [2.05, 4.69) is 9.88 Å². The van der Waals surface area contributed by atoms with Crippen molar-refractivity contribution in [1.82, 2.24) is 9.88 Å². The number of nitrogens with zero attached hydrogens (tertiary/aromatic N) is 2. The fourth-order valence-corrected chi connectivity index (χ4v) is 3.10. The molecule has 1 aromatic heterocycles. The fourth-order valence-electron chi connectivity index (χ4n) is 2.10. The summed E-state index contributed by atoms with van der Waals surface area (Å²) in [6.07, 6.45) is 3.84. The molecule has 0 saturated carbocycles. The molecule has 0 aromatic carbocycles. The van der Waals surface area contributed by atoms with E-state index in [-0.39, 0.29) is 12.5 Å². The van der Waals surface area contributed by atoms with E-state index in [0.29, 0.717) is 6.61 Å². The molecule has 2 rings (SSSR count). The zero-order valence-corrected chi connectivity index (χ0v) is 12.1. The molecule has 1 fully saturated rings. The maximum atomic E-state index is 10.4. The Morgan fingerprint density at radius 1 is 1.58 bits per heavy atom. The van der Waals surface area contributed by atoms with Crippen LogP contribution < -0.4 is 0 Å². The number of thiazole rings is 1. The first-order chi connectivity index (χ1) is 9.13. The van der Waals surface area contributed by atoms with Crippen LogP contribution in [0.25, 0.3) is 0 Å². The summed E-state index contributed by atoms with van der Waals surface area (Å²) in [4.78, 5) is 17.0. The van der Waals surface area contributed by atoms with Gasteiger partial charge in [0, 0.05) is 13.1 Å². The van der Waals surface area contributed by atoms with Gasteiger partial charge in [-0.25, -0.2) is 4.98 Å². The van der Waals surface area contributed by atoms with Crippen LogP contribution in [0.2, 0.25) is 4.34 Å². The zero-order chi connectivity index (χ0) is 13.7. The first kappa shape index (κ1) is 14.7. The third-order valence-electron chi connectivity index (χ3n) is 3.09. The summed E-state index contributed by atoms with van der Waals surface area (Å²) >= 11 is 7.37. The lowest BCUT2D eigenvalue weighted by molar-refractivity contribution is -0.138. The van der Waals surface area contributed by atoms with Crippen LogP contribution in [-0.4, -0.2) is 46.8 Å². The molecule has 1 aromatic rings. The molecule has 19 heavy (non-hydrogen) atoms. The van der Waals surface area contributed by atoms with Crippen molar-refractivity contribution in [2.24, 2.45) is 0 Å². The number of carbonyl (C=O) groups is 1. The lowest BCUT2D eigenvalue weighted by Crippen LogP contribution is -2.36. The summed E-state index contributed by atoms with van der Waals surface area (Å²) in [6, 6.07) is 0. The average Bonchev–Trinajstić information content (AvgIpc) is 2.77. The summed E-state index contributed by atoms with van der Waals surface area (Å²) in [5, 5.41) is 9.58. The standard InChI is InChI=1S/C12H17ClN2O3S/c13-10-7-14-11(19-10)8-15-4-1-9(2-5-15)18-6-3-12(16)17/h7,9H,1-6,8H2,(H,16,17). The second-order valence-electron chi connectivity index (χ2n) is 4.55. The Bertz CT molecular complexity index is 419. The Balaban J connectivity index is 1.66. The van der Waals surface area contributed by atoms with Gasteiger partial charge in [-0.3, -0.25) is 9.69 Å². The fraction of sp³-hybridized carbons (Fsp3) is 0.667. The Morgan fingerprint density at radius 3 is 2.89 bits per heavy atom. The predicted molar refractivity (Wildman–Crippen MR) is 73.6 cm³/mol. The molecule has 0 amide bonds. The van der Waals surface area contributed by atoms with E-state index < -0.39 is 5.97 Å². The van der Waals surface area contributed by atoms with Crippen LogP contribution in [0.3, 0.4) is 0 Å². The van der Waals surface area contributed by atoms with Gasteiger partial charge in [-0.15, -0.1) is 11.3 Å². The van der Waals surface area contributed by atoms with Crippen molar-refractivity contribution >= 4 is 28.9 Å². The summed E-state index contributed by atoms with van der Waals surface area (Å²) < 4.78 is 6.28. The molecule has 0 unspecified atom stereocenters. The van der Waals surface area contributed by atoms with Crippen molar-refractivity contribution < 1.29 is 14.6 Å². The summed E-state index contributed by atoms with van der Waals surface area (Å²) in [5.74, 6) is -0.807. The van der Waals surface area contributed by atoms with Crippen LogP contribution in [0, 0.1) is 0 Å². The predicted octanol–water partition coefficient (Wildman–Crippen LogP) is 2.25. The van der Waals surface area contributed by atoms with Crippen LogP contribution in [0.5, 0.6) is 0 Å². The number of hydrogen-bond donors (Lipinski definition) is 1. The molecule has 0 bridgehead atoms. The van der Waals surface area contributed by atoms with Gasteiger partial charge in [-0.05, 0) is 12.8 Å². The molecule has 0 radical (unpaired) electrons. The van der Waals surface area contributed by atoms with E-state index in [1.165, 1.54) is 11.3 Å². The van der Waals surface area contributed by atoms with Gasteiger partial charge in [0.2, 0.25) is 0 Å².